The fourth-order valence-corrected chi connectivity index (χ4v) is 1.86. The van der Waals surface area contributed by atoms with Crippen molar-refractivity contribution in [2.24, 2.45) is 0 Å². The van der Waals surface area contributed by atoms with Crippen molar-refractivity contribution in [3.63, 3.8) is 0 Å². The molecule has 0 aliphatic rings. The normalized spacial score (nSPS) is 9.83. The third-order valence-electron chi connectivity index (χ3n) is 2.82. The minimum absolute atomic E-state index is 0.551. The lowest BCUT2D eigenvalue weighted by Crippen LogP contribution is -1.97. The first-order valence-electron chi connectivity index (χ1n) is 5.74. The predicted octanol–water partition coefficient (Wildman–Crippen LogP) is 3.50. The van der Waals surface area contributed by atoms with E-state index < -0.39 is 0 Å². The van der Waals surface area contributed by atoms with Crippen molar-refractivity contribution < 1.29 is 0 Å². The summed E-state index contributed by atoms with van der Waals surface area (Å²) >= 11 is 0. The molecule has 2 aromatic carbocycles. The minimum Gasteiger partial charge on any atom is -0.399 e. The Morgan fingerprint density at radius 1 is 1.06 bits per heavy atom. The molecule has 3 nitrogen and oxygen atoms in total. The zero-order chi connectivity index (χ0) is 13.1. The molecule has 3 heteroatoms. The maximum Gasteiger partial charge on any atom is 0.101 e. The fraction of sp³-hybridized carbons (Fsp3) is 0.133. The van der Waals surface area contributed by atoms with Gasteiger partial charge in [0.15, 0.2) is 0 Å². The Kier molecular flexibility index (Phi) is 3.20. The summed E-state index contributed by atoms with van der Waals surface area (Å²) < 4.78 is 0. The maximum atomic E-state index is 9.09. The molecule has 0 unspecified atom stereocenters. The van der Waals surface area contributed by atoms with Crippen LogP contribution in [0.25, 0.3) is 0 Å². The van der Waals surface area contributed by atoms with E-state index in [1.807, 2.05) is 25.1 Å². The van der Waals surface area contributed by atoms with Crippen LogP contribution < -0.4 is 11.1 Å². The van der Waals surface area contributed by atoms with E-state index in [-0.39, 0.29) is 0 Å². The van der Waals surface area contributed by atoms with Gasteiger partial charge in [-0.25, -0.2) is 0 Å². The molecule has 0 atom stereocenters. The smallest absolute Gasteiger partial charge is 0.101 e. The van der Waals surface area contributed by atoms with Gasteiger partial charge in [-0.2, -0.15) is 5.26 Å². The first-order chi connectivity index (χ1) is 8.60. The molecule has 0 amide bonds. The SMILES string of the molecule is Cc1ccc(Nc2ccc(N)cc2C#N)c(C)c1. The van der Waals surface area contributed by atoms with Crippen LogP contribution in [0.15, 0.2) is 36.4 Å². The summed E-state index contributed by atoms with van der Waals surface area (Å²) in [6.07, 6.45) is 0. The Balaban J connectivity index is 2.37. The van der Waals surface area contributed by atoms with Crippen LogP contribution in [-0.4, -0.2) is 0 Å². The third-order valence-corrected chi connectivity index (χ3v) is 2.82. The summed E-state index contributed by atoms with van der Waals surface area (Å²) in [6.45, 7) is 4.10. The van der Waals surface area contributed by atoms with Gasteiger partial charge in [-0.3, -0.25) is 0 Å². The number of hydrogen-bond acceptors (Lipinski definition) is 3. The van der Waals surface area contributed by atoms with E-state index in [9.17, 15) is 0 Å². The first kappa shape index (κ1) is 12.0. The number of nitrogen functional groups attached to an aromatic ring is 1. The number of hydrogen-bond donors (Lipinski definition) is 2. The average Bonchev–Trinajstić information content (AvgIpc) is 2.34. The lowest BCUT2D eigenvalue weighted by Gasteiger charge is -2.12. The molecular formula is C15H15N3. The zero-order valence-corrected chi connectivity index (χ0v) is 10.5. The predicted molar refractivity (Wildman–Crippen MR) is 74.8 cm³/mol. The van der Waals surface area contributed by atoms with Gasteiger partial charge in [-0.15, -0.1) is 0 Å². The van der Waals surface area contributed by atoms with Crippen LogP contribution in [0.3, 0.4) is 0 Å². The van der Waals surface area contributed by atoms with Gasteiger partial charge < -0.3 is 11.1 Å². The van der Waals surface area contributed by atoms with E-state index in [2.05, 4.69) is 24.4 Å². The lowest BCUT2D eigenvalue weighted by molar-refractivity contribution is 1.36. The highest BCUT2D eigenvalue weighted by molar-refractivity contribution is 5.71. The molecule has 90 valence electrons. The summed E-state index contributed by atoms with van der Waals surface area (Å²) in [7, 11) is 0. The Labute approximate surface area is 107 Å². The number of nitriles is 1. The second-order valence-corrected chi connectivity index (χ2v) is 4.36. The van der Waals surface area contributed by atoms with E-state index in [1.165, 1.54) is 5.56 Å². The molecule has 0 bridgehead atoms. The average molecular weight is 237 g/mol. The van der Waals surface area contributed by atoms with Gasteiger partial charge >= 0.3 is 0 Å². The van der Waals surface area contributed by atoms with Crippen LogP contribution in [0.4, 0.5) is 17.1 Å². The molecule has 0 spiro atoms. The molecule has 3 N–H and O–H groups in total. The van der Waals surface area contributed by atoms with E-state index in [0.29, 0.717) is 11.3 Å². The van der Waals surface area contributed by atoms with Crippen LogP contribution in [0.2, 0.25) is 0 Å². The second-order valence-electron chi connectivity index (χ2n) is 4.36. The summed E-state index contributed by atoms with van der Waals surface area (Å²) in [5, 5.41) is 12.4. The third kappa shape index (κ3) is 2.44. The van der Waals surface area contributed by atoms with Crippen molar-refractivity contribution in [1.82, 2.24) is 0 Å². The van der Waals surface area contributed by atoms with Gasteiger partial charge in [0.25, 0.3) is 0 Å². The Morgan fingerprint density at radius 2 is 1.78 bits per heavy atom. The van der Waals surface area contributed by atoms with Crippen LogP contribution in [-0.2, 0) is 0 Å². The second kappa shape index (κ2) is 4.80. The first-order valence-corrected chi connectivity index (χ1v) is 5.74. The number of aryl methyl sites for hydroxylation is 2. The largest absolute Gasteiger partial charge is 0.399 e. The highest BCUT2D eigenvalue weighted by Gasteiger charge is 2.04. The van der Waals surface area contributed by atoms with Gasteiger partial charge in [0.1, 0.15) is 6.07 Å². The summed E-state index contributed by atoms with van der Waals surface area (Å²) in [4.78, 5) is 0. The number of nitrogens with zero attached hydrogens (tertiary/aromatic N) is 1. The molecule has 0 aliphatic heterocycles. The molecule has 2 rings (SSSR count). The van der Waals surface area contributed by atoms with Crippen molar-refractivity contribution in [2.45, 2.75) is 13.8 Å². The van der Waals surface area contributed by atoms with Gasteiger partial charge in [-0.1, -0.05) is 17.7 Å². The Bertz CT molecular complexity index is 624. The quantitative estimate of drug-likeness (QED) is 0.786. The number of nitrogens with two attached hydrogens (primary N) is 1. The van der Waals surface area contributed by atoms with Gasteiger partial charge in [0.2, 0.25) is 0 Å². The molecular weight excluding hydrogens is 222 g/mol. The number of anilines is 3. The van der Waals surface area contributed by atoms with Gasteiger partial charge in [0.05, 0.1) is 11.3 Å². The lowest BCUT2D eigenvalue weighted by atomic mass is 10.1. The Morgan fingerprint density at radius 3 is 2.44 bits per heavy atom. The van der Waals surface area contributed by atoms with Crippen molar-refractivity contribution in [3.05, 3.63) is 53.1 Å². The highest BCUT2D eigenvalue weighted by Crippen LogP contribution is 2.25. The molecule has 2 aromatic rings. The number of rotatable bonds is 2. The standard InChI is InChI=1S/C15H15N3/c1-10-3-5-14(11(2)7-10)18-15-6-4-13(17)8-12(15)9-16/h3-8,18H,17H2,1-2H3. The number of nitrogens with one attached hydrogen (secondary N) is 1. The van der Waals surface area contributed by atoms with Gasteiger partial charge in [0, 0.05) is 11.4 Å². The van der Waals surface area contributed by atoms with Crippen molar-refractivity contribution in [1.29, 1.82) is 5.26 Å². The van der Waals surface area contributed by atoms with Crippen LogP contribution in [0.1, 0.15) is 16.7 Å². The molecule has 0 aromatic heterocycles. The van der Waals surface area contributed by atoms with Crippen molar-refractivity contribution >= 4 is 17.1 Å². The van der Waals surface area contributed by atoms with Crippen LogP contribution >= 0.6 is 0 Å². The molecule has 0 fully saturated rings. The molecule has 0 saturated heterocycles. The topological polar surface area (TPSA) is 61.8 Å². The zero-order valence-electron chi connectivity index (χ0n) is 10.5. The summed E-state index contributed by atoms with van der Waals surface area (Å²) in [5.41, 5.74) is 11.0. The van der Waals surface area contributed by atoms with Crippen molar-refractivity contribution in [2.75, 3.05) is 11.1 Å². The van der Waals surface area contributed by atoms with Crippen LogP contribution in [0.5, 0.6) is 0 Å². The maximum absolute atomic E-state index is 9.09. The van der Waals surface area contributed by atoms with E-state index >= 15 is 0 Å². The molecule has 0 aliphatic carbocycles. The van der Waals surface area contributed by atoms with Crippen LogP contribution in [0, 0.1) is 25.2 Å². The number of benzene rings is 2. The molecule has 0 radical (unpaired) electrons. The fourth-order valence-electron chi connectivity index (χ4n) is 1.86. The van der Waals surface area contributed by atoms with E-state index in [4.69, 9.17) is 11.0 Å². The minimum atomic E-state index is 0.551. The van der Waals surface area contributed by atoms with E-state index in [0.717, 1.165) is 16.9 Å². The van der Waals surface area contributed by atoms with E-state index in [1.54, 1.807) is 12.1 Å². The summed E-state index contributed by atoms with van der Waals surface area (Å²) in [5.74, 6) is 0. The summed E-state index contributed by atoms with van der Waals surface area (Å²) in [6, 6.07) is 13.6. The highest BCUT2D eigenvalue weighted by atomic mass is 14.9. The Hall–Kier alpha value is -2.47. The monoisotopic (exact) mass is 237 g/mol. The molecule has 0 heterocycles. The van der Waals surface area contributed by atoms with Crippen molar-refractivity contribution in [3.8, 4) is 6.07 Å². The molecule has 18 heavy (non-hydrogen) atoms. The molecule has 0 saturated carbocycles. The van der Waals surface area contributed by atoms with Gasteiger partial charge in [-0.05, 0) is 43.7 Å².